The van der Waals surface area contributed by atoms with Crippen molar-refractivity contribution < 1.29 is 5.11 Å². The van der Waals surface area contributed by atoms with Crippen molar-refractivity contribution >= 4 is 5.84 Å². The fourth-order valence-corrected chi connectivity index (χ4v) is 3.48. The fraction of sp³-hybridized carbons (Fsp3) is 0.864. The highest BCUT2D eigenvalue weighted by atomic mass is 16.3. The molecule has 0 aromatic carbocycles. The predicted octanol–water partition coefficient (Wildman–Crippen LogP) is 5.73. The number of unbranched alkanes of at least 4 members (excludes halogenated alkanes) is 11. The topological polar surface area (TPSA) is 35.8 Å². The van der Waals surface area contributed by atoms with Gasteiger partial charge in [0.2, 0.25) is 0 Å². The van der Waals surface area contributed by atoms with Crippen LogP contribution in [0.1, 0.15) is 96.8 Å². The lowest BCUT2D eigenvalue weighted by molar-refractivity contribution is 0.255. The molecule has 0 radical (unpaired) electrons. The molecule has 0 spiro atoms. The second kappa shape index (κ2) is 16.6. The molecule has 1 aliphatic rings. The summed E-state index contributed by atoms with van der Waals surface area (Å²) in [5.41, 5.74) is 0. The average Bonchev–Trinajstić information content (AvgIpc) is 3.06. The van der Waals surface area contributed by atoms with Crippen LogP contribution in [0.2, 0.25) is 0 Å². The summed E-state index contributed by atoms with van der Waals surface area (Å²) in [6.07, 6.45) is 23.4. The van der Waals surface area contributed by atoms with E-state index in [1.165, 1.54) is 89.3 Å². The van der Waals surface area contributed by atoms with Gasteiger partial charge in [-0.25, -0.2) is 0 Å². The molecule has 0 fully saturated rings. The highest BCUT2D eigenvalue weighted by Crippen LogP contribution is 2.13. The Morgan fingerprint density at radius 2 is 1.48 bits per heavy atom. The maximum absolute atomic E-state index is 9.05. The number of rotatable bonds is 17. The standard InChI is InChI=1S/C22H42N2O/c1-2-3-4-5-6-7-8-9-10-11-12-13-14-15-16-17-22-23-18-19-24(22)20-21-25/h7-8,25H,2-6,9-21H2,1H3/b8-7+. The quantitative estimate of drug-likeness (QED) is 0.268. The van der Waals surface area contributed by atoms with E-state index in [-0.39, 0.29) is 6.61 Å². The van der Waals surface area contributed by atoms with Gasteiger partial charge in [-0.1, -0.05) is 70.4 Å². The van der Waals surface area contributed by atoms with Crippen LogP contribution >= 0.6 is 0 Å². The number of nitrogens with zero attached hydrogens (tertiary/aromatic N) is 2. The van der Waals surface area contributed by atoms with E-state index in [1.807, 2.05) is 0 Å². The first-order valence-electron chi connectivity index (χ1n) is 10.9. The largest absolute Gasteiger partial charge is 0.395 e. The summed E-state index contributed by atoms with van der Waals surface area (Å²) < 4.78 is 0. The molecule has 1 rings (SSSR count). The minimum Gasteiger partial charge on any atom is -0.395 e. The van der Waals surface area contributed by atoms with E-state index in [0.717, 1.165) is 26.1 Å². The van der Waals surface area contributed by atoms with Gasteiger partial charge in [0.15, 0.2) is 0 Å². The van der Waals surface area contributed by atoms with Crippen molar-refractivity contribution in [3.05, 3.63) is 12.2 Å². The molecule has 0 saturated carbocycles. The van der Waals surface area contributed by atoms with Crippen molar-refractivity contribution in [3.8, 4) is 0 Å². The van der Waals surface area contributed by atoms with Crippen molar-refractivity contribution in [2.45, 2.75) is 96.8 Å². The van der Waals surface area contributed by atoms with E-state index in [2.05, 4.69) is 29.0 Å². The number of hydrogen-bond acceptors (Lipinski definition) is 3. The lowest BCUT2D eigenvalue weighted by Gasteiger charge is -2.18. The van der Waals surface area contributed by atoms with Crippen LogP contribution in [-0.2, 0) is 0 Å². The maximum atomic E-state index is 9.05. The Kier molecular flexibility index (Phi) is 14.8. The first-order chi connectivity index (χ1) is 12.4. The molecule has 0 saturated heterocycles. The molecule has 0 aromatic rings. The first kappa shape index (κ1) is 22.2. The van der Waals surface area contributed by atoms with Crippen molar-refractivity contribution in [3.63, 3.8) is 0 Å². The maximum Gasteiger partial charge on any atom is 0.0991 e. The summed E-state index contributed by atoms with van der Waals surface area (Å²) in [6.45, 7) is 5.19. The number of β-amino-alcohol motifs (C(OH)–C–C–N with tert-alkyl or cyclic N) is 1. The minimum atomic E-state index is 0.243. The first-order valence-corrected chi connectivity index (χ1v) is 10.9. The van der Waals surface area contributed by atoms with Gasteiger partial charge in [0.1, 0.15) is 0 Å². The molecule has 3 heteroatoms. The summed E-state index contributed by atoms with van der Waals surface area (Å²) >= 11 is 0. The van der Waals surface area contributed by atoms with Gasteiger partial charge in [-0.05, 0) is 32.1 Å². The average molecular weight is 351 g/mol. The number of aliphatic hydroxyl groups excluding tert-OH is 1. The number of amidine groups is 1. The smallest absolute Gasteiger partial charge is 0.0991 e. The zero-order valence-corrected chi connectivity index (χ0v) is 16.7. The van der Waals surface area contributed by atoms with Gasteiger partial charge in [-0.15, -0.1) is 0 Å². The van der Waals surface area contributed by atoms with Crippen LogP contribution in [0.4, 0.5) is 0 Å². The Morgan fingerprint density at radius 3 is 2.12 bits per heavy atom. The van der Waals surface area contributed by atoms with E-state index in [1.54, 1.807) is 0 Å². The molecule has 0 aromatic heterocycles. The van der Waals surface area contributed by atoms with Gasteiger partial charge in [0.05, 0.1) is 19.0 Å². The van der Waals surface area contributed by atoms with Gasteiger partial charge >= 0.3 is 0 Å². The Balaban J connectivity index is 1.81. The summed E-state index contributed by atoms with van der Waals surface area (Å²) in [7, 11) is 0. The summed E-state index contributed by atoms with van der Waals surface area (Å²) in [5.74, 6) is 1.23. The van der Waals surface area contributed by atoms with Crippen molar-refractivity contribution in [2.24, 2.45) is 4.99 Å². The van der Waals surface area contributed by atoms with Gasteiger partial charge in [0, 0.05) is 19.5 Å². The molecular weight excluding hydrogens is 308 g/mol. The highest BCUT2D eigenvalue weighted by molar-refractivity contribution is 5.83. The van der Waals surface area contributed by atoms with Crippen LogP contribution in [-0.4, -0.2) is 42.1 Å². The highest BCUT2D eigenvalue weighted by Gasteiger charge is 2.14. The van der Waals surface area contributed by atoms with E-state index >= 15 is 0 Å². The van der Waals surface area contributed by atoms with E-state index < -0.39 is 0 Å². The van der Waals surface area contributed by atoms with Crippen LogP contribution in [0.3, 0.4) is 0 Å². The third kappa shape index (κ3) is 12.2. The van der Waals surface area contributed by atoms with Gasteiger partial charge in [0.25, 0.3) is 0 Å². The molecule has 3 nitrogen and oxygen atoms in total. The van der Waals surface area contributed by atoms with E-state index in [0.29, 0.717) is 0 Å². The van der Waals surface area contributed by atoms with Crippen molar-refractivity contribution in [1.82, 2.24) is 4.90 Å². The Labute approximate surface area is 156 Å². The minimum absolute atomic E-state index is 0.243. The van der Waals surface area contributed by atoms with Crippen LogP contribution < -0.4 is 0 Å². The van der Waals surface area contributed by atoms with E-state index in [4.69, 9.17) is 5.11 Å². The number of allylic oxidation sites excluding steroid dienone is 2. The van der Waals surface area contributed by atoms with Crippen LogP contribution in [0, 0.1) is 0 Å². The second-order valence-corrected chi connectivity index (χ2v) is 7.34. The Morgan fingerprint density at radius 1 is 0.880 bits per heavy atom. The van der Waals surface area contributed by atoms with Crippen molar-refractivity contribution in [1.29, 1.82) is 0 Å². The molecule has 0 unspecified atom stereocenters. The van der Waals surface area contributed by atoms with Crippen LogP contribution in [0.15, 0.2) is 17.1 Å². The van der Waals surface area contributed by atoms with Gasteiger partial charge in [-0.3, -0.25) is 4.99 Å². The van der Waals surface area contributed by atoms with E-state index in [9.17, 15) is 0 Å². The Hall–Kier alpha value is -0.830. The third-order valence-electron chi connectivity index (χ3n) is 5.06. The molecule has 25 heavy (non-hydrogen) atoms. The van der Waals surface area contributed by atoms with Gasteiger partial charge < -0.3 is 10.0 Å². The summed E-state index contributed by atoms with van der Waals surface area (Å²) in [6, 6.07) is 0. The lowest BCUT2D eigenvalue weighted by Crippen LogP contribution is -2.30. The Bertz CT molecular complexity index is 352. The zero-order chi connectivity index (χ0) is 18.0. The third-order valence-corrected chi connectivity index (χ3v) is 5.06. The van der Waals surface area contributed by atoms with Gasteiger partial charge in [-0.2, -0.15) is 0 Å². The lowest BCUT2D eigenvalue weighted by atomic mass is 10.1. The molecule has 1 heterocycles. The molecule has 0 atom stereocenters. The molecule has 146 valence electrons. The van der Waals surface area contributed by atoms with Crippen molar-refractivity contribution in [2.75, 3.05) is 26.2 Å². The zero-order valence-electron chi connectivity index (χ0n) is 16.7. The van der Waals surface area contributed by atoms with Crippen LogP contribution in [0.5, 0.6) is 0 Å². The summed E-state index contributed by atoms with van der Waals surface area (Å²) in [5, 5.41) is 9.05. The number of hydrogen-bond donors (Lipinski definition) is 1. The fourth-order valence-electron chi connectivity index (χ4n) is 3.48. The molecule has 0 aliphatic carbocycles. The summed E-state index contributed by atoms with van der Waals surface area (Å²) in [4.78, 5) is 6.81. The molecular formula is C22H42N2O. The second-order valence-electron chi connectivity index (χ2n) is 7.34. The monoisotopic (exact) mass is 350 g/mol. The normalized spacial score (nSPS) is 14.6. The molecule has 0 amide bonds. The molecule has 0 bridgehead atoms. The molecule has 1 N–H and O–H groups in total. The molecule has 1 aliphatic heterocycles. The predicted molar refractivity (Wildman–Crippen MR) is 110 cm³/mol. The number of aliphatic imine (C=N–C) groups is 1. The van der Waals surface area contributed by atoms with Crippen LogP contribution in [0.25, 0.3) is 0 Å². The number of aliphatic hydroxyl groups is 1. The SMILES string of the molecule is CCCCCC/C=C/CCCCCCCCCC1=NCCN1CCO.